The van der Waals surface area contributed by atoms with Gasteiger partial charge in [-0.2, -0.15) is 11.8 Å². The van der Waals surface area contributed by atoms with Gasteiger partial charge in [-0.15, -0.1) is 11.3 Å². The van der Waals surface area contributed by atoms with E-state index in [0.717, 1.165) is 45.3 Å². The number of benzene rings is 1. The summed E-state index contributed by atoms with van der Waals surface area (Å²) in [5.74, 6) is 3.05. The van der Waals surface area contributed by atoms with Gasteiger partial charge in [-0.05, 0) is 35.4 Å². The van der Waals surface area contributed by atoms with Gasteiger partial charge in [-0.25, -0.2) is 4.98 Å². The van der Waals surface area contributed by atoms with Crippen LogP contribution >= 0.6 is 34.7 Å². The molecule has 1 aliphatic rings. The number of thiophene rings is 1. The number of methoxy groups -OCH3 is 1. The van der Waals surface area contributed by atoms with Crippen LogP contribution in [-0.4, -0.2) is 17.8 Å². The largest absolute Gasteiger partial charge is 0.497 e. The predicted molar refractivity (Wildman–Crippen MR) is 104 cm³/mol. The number of hydrogen-bond donors (Lipinski definition) is 1. The van der Waals surface area contributed by atoms with E-state index in [2.05, 4.69) is 12.1 Å². The van der Waals surface area contributed by atoms with Crippen molar-refractivity contribution in [2.24, 2.45) is 5.73 Å². The van der Waals surface area contributed by atoms with Crippen LogP contribution in [0, 0.1) is 0 Å². The number of fused-ring (bicyclic) bond motifs is 3. The maximum Gasteiger partial charge on any atom is 0.124 e. The second-order valence-electron chi connectivity index (χ2n) is 5.67. The molecule has 4 rings (SSSR count). The van der Waals surface area contributed by atoms with E-state index in [1.54, 1.807) is 18.4 Å². The van der Waals surface area contributed by atoms with Gasteiger partial charge in [0.25, 0.3) is 0 Å². The third kappa shape index (κ3) is 2.60. The first kappa shape index (κ1) is 16.2. The molecule has 3 nitrogen and oxygen atoms in total. The maximum atomic E-state index is 6.72. The van der Waals surface area contributed by atoms with E-state index in [1.807, 2.05) is 23.9 Å². The first-order valence-electron chi connectivity index (χ1n) is 7.77. The zero-order valence-electron chi connectivity index (χ0n) is 13.3. The van der Waals surface area contributed by atoms with Crippen LogP contribution in [0.1, 0.15) is 16.1 Å². The van der Waals surface area contributed by atoms with Gasteiger partial charge in [0.15, 0.2) is 0 Å². The van der Waals surface area contributed by atoms with E-state index in [1.165, 1.54) is 15.8 Å². The number of aryl methyl sites for hydroxylation is 1. The van der Waals surface area contributed by atoms with Crippen molar-refractivity contribution >= 4 is 44.9 Å². The molecule has 0 bridgehead atoms. The number of ether oxygens (including phenoxy) is 1. The summed E-state index contributed by atoms with van der Waals surface area (Å²) >= 11 is 10.5. The van der Waals surface area contributed by atoms with Crippen LogP contribution in [0.4, 0.5) is 0 Å². The summed E-state index contributed by atoms with van der Waals surface area (Å²) in [6, 6.07) is 8.05. The second kappa shape index (κ2) is 6.56. The number of nitrogens with two attached hydrogens (primary N) is 1. The lowest BCUT2D eigenvalue weighted by Gasteiger charge is -2.15. The van der Waals surface area contributed by atoms with Crippen LogP contribution < -0.4 is 10.5 Å². The standard InChI is InChI=1S/C18H17ClN2OS2/c1-22-11-4-2-10(3-5-11)15-16-12-6-7-23-9-14(12)24-18(16)21-13(8-20)17(15)19/h2-5H,6-9,20H2,1H3. The fourth-order valence-corrected chi connectivity index (χ4v) is 5.85. The monoisotopic (exact) mass is 376 g/mol. The van der Waals surface area contributed by atoms with Crippen molar-refractivity contribution in [3.63, 3.8) is 0 Å². The van der Waals surface area contributed by atoms with Gasteiger partial charge in [0.2, 0.25) is 0 Å². The summed E-state index contributed by atoms with van der Waals surface area (Å²) in [6.07, 6.45) is 1.07. The third-order valence-electron chi connectivity index (χ3n) is 4.33. The highest BCUT2D eigenvalue weighted by Crippen LogP contribution is 2.45. The molecule has 0 unspecified atom stereocenters. The molecule has 6 heteroatoms. The molecule has 0 fully saturated rings. The second-order valence-corrected chi connectivity index (χ2v) is 8.23. The summed E-state index contributed by atoms with van der Waals surface area (Å²) in [5.41, 5.74) is 10.2. The SMILES string of the molecule is COc1ccc(-c2c(Cl)c(CN)nc3sc4c(c23)CCSC4)cc1. The van der Waals surface area contributed by atoms with Crippen LogP contribution in [0.5, 0.6) is 5.75 Å². The van der Waals surface area contributed by atoms with Crippen molar-refractivity contribution in [2.45, 2.75) is 18.7 Å². The lowest BCUT2D eigenvalue weighted by molar-refractivity contribution is 0.415. The minimum Gasteiger partial charge on any atom is -0.497 e. The normalized spacial score (nSPS) is 14.0. The molecular weight excluding hydrogens is 360 g/mol. The first-order valence-corrected chi connectivity index (χ1v) is 10.1. The zero-order valence-corrected chi connectivity index (χ0v) is 15.7. The lowest BCUT2D eigenvalue weighted by Crippen LogP contribution is -2.03. The van der Waals surface area contributed by atoms with Crippen LogP contribution in [0.25, 0.3) is 21.3 Å². The van der Waals surface area contributed by atoms with E-state index in [-0.39, 0.29) is 0 Å². The van der Waals surface area contributed by atoms with Crippen molar-refractivity contribution in [1.29, 1.82) is 0 Å². The van der Waals surface area contributed by atoms with Crippen molar-refractivity contribution in [3.05, 3.63) is 45.4 Å². The van der Waals surface area contributed by atoms with Crippen LogP contribution in [-0.2, 0) is 18.7 Å². The number of aromatic nitrogens is 1. The van der Waals surface area contributed by atoms with E-state index in [0.29, 0.717) is 11.6 Å². The lowest BCUT2D eigenvalue weighted by atomic mass is 9.98. The maximum absolute atomic E-state index is 6.72. The molecule has 1 aliphatic heterocycles. The highest BCUT2D eigenvalue weighted by Gasteiger charge is 2.23. The molecule has 0 saturated heterocycles. The van der Waals surface area contributed by atoms with E-state index in [4.69, 9.17) is 27.1 Å². The Morgan fingerprint density at radius 1 is 1.29 bits per heavy atom. The van der Waals surface area contributed by atoms with Crippen LogP contribution in [0.15, 0.2) is 24.3 Å². The number of pyridine rings is 1. The topological polar surface area (TPSA) is 48.1 Å². The molecule has 124 valence electrons. The fourth-order valence-electron chi connectivity index (χ4n) is 3.14. The van der Waals surface area contributed by atoms with Gasteiger partial charge in [-0.3, -0.25) is 0 Å². The Morgan fingerprint density at radius 2 is 2.08 bits per heavy atom. The molecule has 0 amide bonds. The van der Waals surface area contributed by atoms with Gasteiger partial charge in [0.1, 0.15) is 10.6 Å². The molecule has 0 spiro atoms. The number of nitrogens with zero attached hydrogens (tertiary/aromatic N) is 1. The van der Waals surface area contributed by atoms with Crippen molar-refractivity contribution in [2.75, 3.05) is 12.9 Å². The molecule has 0 saturated carbocycles. The van der Waals surface area contributed by atoms with Crippen molar-refractivity contribution < 1.29 is 4.74 Å². The summed E-state index contributed by atoms with van der Waals surface area (Å²) in [5, 5.41) is 1.89. The third-order valence-corrected chi connectivity index (χ3v) is 7.03. The van der Waals surface area contributed by atoms with Gasteiger partial charge in [0.05, 0.1) is 17.8 Å². The molecule has 3 heterocycles. The van der Waals surface area contributed by atoms with E-state index < -0.39 is 0 Å². The van der Waals surface area contributed by atoms with Gasteiger partial charge in [0, 0.05) is 28.1 Å². The molecule has 2 aromatic heterocycles. The van der Waals surface area contributed by atoms with E-state index >= 15 is 0 Å². The van der Waals surface area contributed by atoms with Gasteiger partial charge >= 0.3 is 0 Å². The molecule has 3 aromatic rings. The minimum absolute atomic E-state index is 0.343. The Bertz CT molecular complexity index is 906. The average Bonchev–Trinajstić information content (AvgIpc) is 2.99. The first-order chi connectivity index (χ1) is 11.7. The van der Waals surface area contributed by atoms with Gasteiger partial charge in [-0.1, -0.05) is 23.7 Å². The molecule has 0 radical (unpaired) electrons. The van der Waals surface area contributed by atoms with E-state index in [9.17, 15) is 0 Å². The predicted octanol–water partition coefficient (Wildman–Crippen LogP) is 4.87. The Balaban J connectivity index is 2.03. The number of hydrogen-bond acceptors (Lipinski definition) is 5. The Labute approximate surface area is 154 Å². The molecule has 0 aliphatic carbocycles. The highest BCUT2D eigenvalue weighted by atomic mass is 35.5. The van der Waals surface area contributed by atoms with Crippen molar-refractivity contribution in [1.82, 2.24) is 4.98 Å². The Kier molecular flexibility index (Phi) is 4.43. The summed E-state index contributed by atoms with van der Waals surface area (Å²) in [4.78, 5) is 7.22. The molecule has 2 N–H and O–H groups in total. The summed E-state index contributed by atoms with van der Waals surface area (Å²) < 4.78 is 5.28. The Morgan fingerprint density at radius 3 is 2.79 bits per heavy atom. The molecular formula is C18H17ClN2OS2. The van der Waals surface area contributed by atoms with Crippen LogP contribution in [0.2, 0.25) is 5.02 Å². The zero-order chi connectivity index (χ0) is 16.7. The fraction of sp³-hybridized carbons (Fsp3) is 0.278. The Hall–Kier alpha value is -1.27. The average molecular weight is 377 g/mol. The van der Waals surface area contributed by atoms with Gasteiger partial charge < -0.3 is 10.5 Å². The summed E-state index contributed by atoms with van der Waals surface area (Å²) in [6.45, 7) is 0.343. The highest BCUT2D eigenvalue weighted by molar-refractivity contribution is 7.98. The van der Waals surface area contributed by atoms with Crippen molar-refractivity contribution in [3.8, 4) is 16.9 Å². The molecule has 1 aromatic carbocycles. The number of halogens is 1. The quantitative estimate of drug-likeness (QED) is 0.708. The number of rotatable bonds is 3. The minimum atomic E-state index is 0.343. The smallest absolute Gasteiger partial charge is 0.124 e. The van der Waals surface area contributed by atoms with Crippen LogP contribution in [0.3, 0.4) is 0 Å². The molecule has 24 heavy (non-hydrogen) atoms. The number of thioether (sulfide) groups is 1. The molecule has 0 atom stereocenters. The summed E-state index contributed by atoms with van der Waals surface area (Å²) in [7, 11) is 1.67.